The molecule has 1 amide bonds. The maximum absolute atomic E-state index is 12.5. The molecule has 6 heteroatoms. The average Bonchev–Trinajstić information content (AvgIpc) is 2.52. The monoisotopic (exact) mass is 317 g/mol. The lowest BCUT2D eigenvalue weighted by atomic mass is 10.0. The number of anilines is 1. The number of hydrogen-bond acceptors (Lipinski definition) is 5. The minimum Gasteiger partial charge on any atom is -0.497 e. The van der Waals surface area contributed by atoms with Crippen LogP contribution in [0.3, 0.4) is 0 Å². The van der Waals surface area contributed by atoms with E-state index >= 15 is 0 Å². The highest BCUT2D eigenvalue weighted by atomic mass is 16.6. The molecule has 2 N–H and O–H groups in total. The maximum atomic E-state index is 12.5. The van der Waals surface area contributed by atoms with E-state index in [2.05, 4.69) is 5.32 Å². The first-order chi connectivity index (χ1) is 10.9. The Labute approximate surface area is 136 Å². The second kappa shape index (κ2) is 6.73. The van der Waals surface area contributed by atoms with Crippen molar-refractivity contribution >= 4 is 23.7 Å². The van der Waals surface area contributed by atoms with Gasteiger partial charge in [-0.3, -0.25) is 4.90 Å². The number of nitrogens with one attached hydrogen (secondary N) is 2. The molecule has 2 rings (SSSR count). The predicted octanol–water partition coefficient (Wildman–Crippen LogP) is 3.29. The quantitative estimate of drug-likeness (QED) is 0.839. The summed E-state index contributed by atoms with van der Waals surface area (Å²) in [5.41, 5.74) is 2.28. The van der Waals surface area contributed by atoms with E-state index in [9.17, 15) is 4.79 Å². The van der Waals surface area contributed by atoms with Gasteiger partial charge >= 0.3 is 6.09 Å². The van der Waals surface area contributed by atoms with Gasteiger partial charge in [0.2, 0.25) is 0 Å². The second-order valence-electron chi connectivity index (χ2n) is 6.17. The molecule has 0 saturated carbocycles. The molecule has 23 heavy (non-hydrogen) atoms. The summed E-state index contributed by atoms with van der Waals surface area (Å²) in [6, 6.07) is 5.61. The van der Waals surface area contributed by atoms with Crippen molar-refractivity contribution < 1.29 is 14.3 Å². The van der Waals surface area contributed by atoms with Crippen LogP contribution in [-0.2, 0) is 9.47 Å². The van der Waals surface area contributed by atoms with Gasteiger partial charge < -0.3 is 20.2 Å². The van der Waals surface area contributed by atoms with Gasteiger partial charge in [0, 0.05) is 30.1 Å². The van der Waals surface area contributed by atoms with Crippen LogP contribution in [-0.4, -0.2) is 43.0 Å². The van der Waals surface area contributed by atoms with Gasteiger partial charge in [-0.15, -0.1) is 0 Å². The third-order valence-corrected chi connectivity index (χ3v) is 3.33. The van der Waals surface area contributed by atoms with Crippen molar-refractivity contribution in [2.75, 3.05) is 25.5 Å². The highest BCUT2D eigenvalue weighted by Gasteiger charge is 2.29. The fourth-order valence-corrected chi connectivity index (χ4v) is 2.34. The minimum atomic E-state index is -0.572. The number of amides is 1. The third kappa shape index (κ3) is 3.83. The Bertz CT molecular complexity index is 632. The van der Waals surface area contributed by atoms with Crippen LogP contribution in [0, 0.1) is 5.41 Å². The molecular weight excluding hydrogens is 294 g/mol. The van der Waals surface area contributed by atoms with Gasteiger partial charge in [0.15, 0.2) is 0 Å². The lowest BCUT2D eigenvalue weighted by Gasteiger charge is -2.31. The van der Waals surface area contributed by atoms with Gasteiger partial charge in [0.1, 0.15) is 18.5 Å². The molecule has 0 aromatic heterocycles. The zero-order valence-electron chi connectivity index (χ0n) is 14.0. The molecule has 0 radical (unpaired) electrons. The smallest absolute Gasteiger partial charge is 0.415 e. The summed E-state index contributed by atoms with van der Waals surface area (Å²) in [5.74, 6) is 0. The molecule has 1 aromatic rings. The molecule has 1 heterocycles. The molecule has 124 valence electrons. The Kier molecular flexibility index (Phi) is 4.93. The molecule has 0 aliphatic carbocycles. The topological polar surface area (TPSA) is 74.7 Å². The van der Waals surface area contributed by atoms with E-state index in [1.54, 1.807) is 18.2 Å². The van der Waals surface area contributed by atoms with Crippen molar-refractivity contribution in [3.63, 3.8) is 0 Å². The van der Waals surface area contributed by atoms with E-state index < -0.39 is 11.7 Å². The number of rotatable bonds is 3. The molecule has 1 aliphatic heterocycles. The van der Waals surface area contributed by atoms with Crippen LogP contribution in [0.2, 0.25) is 0 Å². The van der Waals surface area contributed by atoms with Crippen LogP contribution in [0.5, 0.6) is 0 Å². The summed E-state index contributed by atoms with van der Waals surface area (Å²) in [6.45, 7) is 6.31. The van der Waals surface area contributed by atoms with Crippen molar-refractivity contribution in [1.82, 2.24) is 4.90 Å². The van der Waals surface area contributed by atoms with Crippen LogP contribution in [0.4, 0.5) is 10.5 Å². The summed E-state index contributed by atoms with van der Waals surface area (Å²) < 4.78 is 10.9. The minimum absolute atomic E-state index is 0.405. The number of ether oxygens (including phenoxy) is 2. The summed E-state index contributed by atoms with van der Waals surface area (Å²) in [7, 11) is 1.80. The van der Waals surface area contributed by atoms with Gasteiger partial charge in [-0.25, -0.2) is 4.79 Å². The first kappa shape index (κ1) is 16.9. The lowest BCUT2D eigenvalue weighted by Crippen LogP contribution is -2.39. The SMILES string of the molecule is CNc1cccc(C2=COCCN2C(=O)OC(C)(C)C)c1C=N. The average molecular weight is 317 g/mol. The van der Waals surface area contributed by atoms with E-state index in [0.717, 1.165) is 11.3 Å². The van der Waals surface area contributed by atoms with Gasteiger partial charge in [-0.1, -0.05) is 12.1 Å². The van der Waals surface area contributed by atoms with Crippen molar-refractivity contribution in [2.24, 2.45) is 0 Å². The first-order valence-electron chi connectivity index (χ1n) is 7.51. The fraction of sp³-hybridized carbons (Fsp3) is 0.412. The molecule has 0 saturated heterocycles. The van der Waals surface area contributed by atoms with Crippen LogP contribution in [0.1, 0.15) is 31.9 Å². The van der Waals surface area contributed by atoms with Crippen LogP contribution in [0.15, 0.2) is 24.5 Å². The van der Waals surface area contributed by atoms with E-state index in [-0.39, 0.29) is 0 Å². The Hall–Kier alpha value is -2.50. The standard InChI is InChI=1S/C17H23N3O3/c1-17(2,3)23-16(21)20-8-9-22-11-15(20)12-6-5-7-14(19-4)13(12)10-18/h5-7,10-11,18-19H,8-9H2,1-4H3. The lowest BCUT2D eigenvalue weighted by molar-refractivity contribution is 0.0296. The zero-order valence-corrected chi connectivity index (χ0v) is 14.0. The van der Waals surface area contributed by atoms with Crippen LogP contribution < -0.4 is 5.32 Å². The van der Waals surface area contributed by atoms with Crippen LogP contribution >= 0.6 is 0 Å². The molecule has 0 spiro atoms. The molecule has 0 bridgehead atoms. The van der Waals surface area contributed by atoms with Crippen molar-refractivity contribution in [1.29, 1.82) is 5.41 Å². The Morgan fingerprint density at radius 2 is 2.17 bits per heavy atom. The second-order valence-corrected chi connectivity index (χ2v) is 6.17. The van der Waals surface area contributed by atoms with Crippen molar-refractivity contribution in [2.45, 2.75) is 26.4 Å². The zero-order chi connectivity index (χ0) is 17.0. The Balaban J connectivity index is 2.42. The number of carbonyl (C=O) groups is 1. The molecule has 1 aliphatic rings. The summed E-state index contributed by atoms with van der Waals surface area (Å²) in [5, 5.41) is 10.8. The third-order valence-electron chi connectivity index (χ3n) is 3.33. The largest absolute Gasteiger partial charge is 0.497 e. The van der Waals surface area contributed by atoms with Gasteiger partial charge in [0.05, 0.1) is 12.2 Å². The summed E-state index contributed by atoms with van der Waals surface area (Å²) in [6.07, 6.45) is 2.40. The normalized spacial score (nSPS) is 14.6. The van der Waals surface area contributed by atoms with Gasteiger partial charge in [0.25, 0.3) is 0 Å². The Morgan fingerprint density at radius 1 is 1.43 bits per heavy atom. The van der Waals surface area contributed by atoms with Crippen molar-refractivity contribution in [3.8, 4) is 0 Å². The first-order valence-corrected chi connectivity index (χ1v) is 7.51. The molecule has 0 atom stereocenters. The van der Waals surface area contributed by atoms with E-state index in [1.807, 2.05) is 39.0 Å². The molecule has 6 nitrogen and oxygen atoms in total. The Morgan fingerprint density at radius 3 is 2.78 bits per heavy atom. The predicted molar refractivity (Wildman–Crippen MR) is 90.7 cm³/mol. The molecular formula is C17H23N3O3. The molecule has 1 aromatic carbocycles. The van der Waals surface area contributed by atoms with Crippen LogP contribution in [0.25, 0.3) is 5.70 Å². The highest BCUT2D eigenvalue weighted by Crippen LogP contribution is 2.29. The number of nitrogens with zero attached hydrogens (tertiary/aromatic N) is 1. The number of benzene rings is 1. The number of carbonyl (C=O) groups excluding carboxylic acids is 1. The highest BCUT2D eigenvalue weighted by molar-refractivity contribution is 5.95. The van der Waals surface area contributed by atoms with Gasteiger partial charge in [-0.2, -0.15) is 0 Å². The van der Waals surface area contributed by atoms with Crippen molar-refractivity contribution in [3.05, 3.63) is 35.6 Å². The summed E-state index contributed by atoms with van der Waals surface area (Å²) >= 11 is 0. The van der Waals surface area contributed by atoms with Gasteiger partial charge in [-0.05, 0) is 26.8 Å². The maximum Gasteiger partial charge on any atom is 0.415 e. The molecule has 0 fully saturated rings. The fourth-order valence-electron chi connectivity index (χ4n) is 2.34. The van der Waals surface area contributed by atoms with E-state index in [0.29, 0.717) is 24.4 Å². The van der Waals surface area contributed by atoms with E-state index in [1.165, 1.54) is 6.21 Å². The molecule has 0 unspecified atom stereocenters. The summed E-state index contributed by atoms with van der Waals surface area (Å²) in [4.78, 5) is 14.0. The number of hydrogen-bond donors (Lipinski definition) is 2. The van der Waals surface area contributed by atoms with E-state index in [4.69, 9.17) is 14.9 Å².